The van der Waals surface area contributed by atoms with Crippen molar-refractivity contribution in [3.63, 3.8) is 0 Å². The van der Waals surface area contributed by atoms with Gasteiger partial charge >= 0.3 is 0 Å². The van der Waals surface area contributed by atoms with Gasteiger partial charge in [0.2, 0.25) is 0 Å². The van der Waals surface area contributed by atoms with Gasteiger partial charge in [-0.3, -0.25) is 0 Å². The first-order valence-electron chi connectivity index (χ1n) is 7.07. The van der Waals surface area contributed by atoms with Crippen LogP contribution in [-0.2, 0) is 0 Å². The summed E-state index contributed by atoms with van der Waals surface area (Å²) in [6, 6.07) is 0. The summed E-state index contributed by atoms with van der Waals surface area (Å²) in [6.07, 6.45) is 18.2. The molecule has 0 bridgehead atoms. The Labute approximate surface area is 119 Å². The van der Waals surface area contributed by atoms with Gasteiger partial charge in [0.1, 0.15) is 0 Å². The van der Waals surface area contributed by atoms with E-state index in [4.69, 9.17) is 0 Å². The Morgan fingerprint density at radius 1 is 1.00 bits per heavy atom. The maximum Gasteiger partial charge on any atom is 0.0390 e. The van der Waals surface area contributed by atoms with Crippen molar-refractivity contribution < 1.29 is 0 Å². The summed E-state index contributed by atoms with van der Waals surface area (Å²) in [6.45, 7) is 8.49. The highest BCUT2D eigenvalue weighted by Gasteiger charge is 2.02. The van der Waals surface area contributed by atoms with Crippen LogP contribution in [0.4, 0.5) is 0 Å². The first kappa shape index (κ1) is 17.5. The topological polar surface area (TPSA) is 3.24 Å². The van der Waals surface area contributed by atoms with Crippen molar-refractivity contribution in [2.75, 3.05) is 14.1 Å². The molecule has 0 aromatic heterocycles. The van der Waals surface area contributed by atoms with E-state index < -0.39 is 0 Å². The molecule has 0 radical (unpaired) electrons. The molecule has 0 aromatic carbocycles. The molecule has 1 nitrogen and oxygen atoms in total. The Balaban J connectivity index is 5.23. The molecular weight excluding hydrogens is 230 g/mol. The van der Waals surface area contributed by atoms with Crippen LogP contribution >= 0.6 is 0 Å². The summed E-state index contributed by atoms with van der Waals surface area (Å²) in [5.41, 5.74) is 2.63. The largest absolute Gasteiger partial charge is 0.377 e. The molecule has 0 saturated heterocycles. The lowest BCUT2D eigenvalue weighted by Crippen LogP contribution is -2.11. The molecule has 0 amide bonds. The van der Waals surface area contributed by atoms with Gasteiger partial charge in [-0.05, 0) is 37.8 Å². The number of hydrogen-bond acceptors (Lipinski definition) is 1. The number of likely N-dealkylation sites (N-methyl/N-ethyl adjacent to an activating group) is 1. The van der Waals surface area contributed by atoms with Gasteiger partial charge in [0.15, 0.2) is 0 Å². The van der Waals surface area contributed by atoms with E-state index in [1.165, 1.54) is 11.3 Å². The Kier molecular flexibility index (Phi) is 9.60. The van der Waals surface area contributed by atoms with Crippen molar-refractivity contribution in [1.82, 2.24) is 4.90 Å². The van der Waals surface area contributed by atoms with Gasteiger partial charge in [0, 0.05) is 19.8 Å². The molecule has 0 aliphatic heterocycles. The van der Waals surface area contributed by atoms with Crippen molar-refractivity contribution in [1.29, 1.82) is 0 Å². The van der Waals surface area contributed by atoms with E-state index in [9.17, 15) is 0 Å². The van der Waals surface area contributed by atoms with Crippen LogP contribution in [0.1, 0.15) is 34.1 Å². The van der Waals surface area contributed by atoms with Gasteiger partial charge in [0.05, 0.1) is 0 Å². The average Bonchev–Trinajstić information content (AvgIpc) is 2.37. The zero-order valence-corrected chi connectivity index (χ0v) is 13.4. The van der Waals surface area contributed by atoms with Gasteiger partial charge in [-0.25, -0.2) is 0 Å². The number of rotatable bonds is 7. The number of nitrogens with zero attached hydrogens (tertiary/aromatic N) is 1. The zero-order chi connectivity index (χ0) is 14.7. The molecule has 1 heteroatoms. The third-order valence-electron chi connectivity index (χ3n) is 2.85. The maximum atomic E-state index is 2.24. The summed E-state index contributed by atoms with van der Waals surface area (Å²) in [4.78, 5) is 2.18. The summed E-state index contributed by atoms with van der Waals surface area (Å²) < 4.78 is 0. The van der Waals surface area contributed by atoms with Gasteiger partial charge < -0.3 is 4.90 Å². The normalized spacial score (nSPS) is 15.9. The van der Waals surface area contributed by atoms with Gasteiger partial charge in [-0.2, -0.15) is 0 Å². The fourth-order valence-corrected chi connectivity index (χ4v) is 1.82. The van der Waals surface area contributed by atoms with Gasteiger partial charge in [-0.1, -0.05) is 56.4 Å². The van der Waals surface area contributed by atoms with Crippen LogP contribution in [0.5, 0.6) is 0 Å². The third kappa shape index (κ3) is 7.50. The van der Waals surface area contributed by atoms with Crippen LogP contribution < -0.4 is 0 Å². The molecule has 0 spiro atoms. The van der Waals surface area contributed by atoms with Gasteiger partial charge in [-0.15, -0.1) is 0 Å². The molecule has 1 unspecified atom stereocenters. The van der Waals surface area contributed by atoms with Crippen molar-refractivity contribution in [2.45, 2.75) is 34.1 Å². The van der Waals surface area contributed by atoms with Crippen LogP contribution in [0.3, 0.4) is 0 Å². The lowest BCUT2D eigenvalue weighted by molar-refractivity contribution is 0.522. The summed E-state index contributed by atoms with van der Waals surface area (Å²) in [5, 5.41) is 0. The minimum Gasteiger partial charge on any atom is -0.377 e. The minimum absolute atomic E-state index is 0.470. The molecule has 0 fully saturated rings. The molecule has 0 heterocycles. The fourth-order valence-electron chi connectivity index (χ4n) is 1.82. The quantitative estimate of drug-likeness (QED) is 0.453. The second-order valence-electron chi connectivity index (χ2n) is 4.79. The highest BCUT2D eigenvalue weighted by molar-refractivity contribution is 5.33. The summed E-state index contributed by atoms with van der Waals surface area (Å²) in [5.74, 6) is 0.470. The van der Waals surface area contributed by atoms with E-state index in [0.717, 1.165) is 6.42 Å². The zero-order valence-electron chi connectivity index (χ0n) is 13.4. The van der Waals surface area contributed by atoms with Crippen molar-refractivity contribution >= 4 is 0 Å². The SMILES string of the molecule is C\C=C/C=C/C(CC)=C(\C=C/C(C)/C=C/C)N(C)C. The standard InChI is InChI=1S/C18H29N/c1-7-10-11-13-17(9-3)18(19(5)6)15-14-16(4)12-8-2/h7-8,10-16H,9H2,1-6H3/b10-7-,12-8+,13-11+,15-14-,18-17+. The van der Waals surface area contributed by atoms with Gasteiger partial charge in [0.25, 0.3) is 0 Å². The van der Waals surface area contributed by atoms with E-state index in [0.29, 0.717) is 5.92 Å². The Bertz CT molecular complexity index is 378. The summed E-state index contributed by atoms with van der Waals surface area (Å²) >= 11 is 0. The van der Waals surface area contributed by atoms with Crippen molar-refractivity contribution in [3.8, 4) is 0 Å². The Morgan fingerprint density at radius 3 is 2.16 bits per heavy atom. The average molecular weight is 259 g/mol. The molecule has 0 aliphatic rings. The van der Waals surface area contributed by atoms with Crippen LogP contribution in [0.25, 0.3) is 0 Å². The van der Waals surface area contributed by atoms with E-state index in [1.54, 1.807) is 0 Å². The molecule has 0 aromatic rings. The first-order valence-corrected chi connectivity index (χ1v) is 7.07. The lowest BCUT2D eigenvalue weighted by atomic mass is 10.1. The number of allylic oxidation sites excluding steroid dienone is 9. The lowest BCUT2D eigenvalue weighted by Gasteiger charge is -2.17. The smallest absolute Gasteiger partial charge is 0.0390 e. The second kappa shape index (κ2) is 10.4. The first-order chi connectivity index (χ1) is 9.06. The predicted molar refractivity (Wildman–Crippen MR) is 88.1 cm³/mol. The van der Waals surface area contributed by atoms with E-state index in [2.05, 4.69) is 82.3 Å². The molecule has 0 rings (SSSR count). The van der Waals surface area contributed by atoms with Crippen LogP contribution in [0.2, 0.25) is 0 Å². The predicted octanol–water partition coefficient (Wildman–Crippen LogP) is 5.11. The van der Waals surface area contributed by atoms with E-state index in [-0.39, 0.29) is 0 Å². The highest BCUT2D eigenvalue weighted by atomic mass is 15.1. The molecular formula is C18H29N. The summed E-state index contributed by atoms with van der Waals surface area (Å²) in [7, 11) is 4.19. The molecule has 1 atom stereocenters. The number of hydrogen-bond donors (Lipinski definition) is 0. The van der Waals surface area contributed by atoms with Crippen LogP contribution in [0, 0.1) is 5.92 Å². The van der Waals surface area contributed by atoms with Crippen molar-refractivity contribution in [2.24, 2.45) is 5.92 Å². The fraction of sp³-hybridized carbons (Fsp3) is 0.444. The van der Waals surface area contributed by atoms with Crippen molar-refractivity contribution in [3.05, 3.63) is 59.9 Å². The molecule has 0 N–H and O–H groups in total. The maximum absolute atomic E-state index is 2.24. The van der Waals surface area contributed by atoms with E-state index >= 15 is 0 Å². The van der Waals surface area contributed by atoms with E-state index in [1.807, 2.05) is 13.0 Å². The molecule has 0 saturated carbocycles. The minimum atomic E-state index is 0.470. The second-order valence-corrected chi connectivity index (χ2v) is 4.79. The molecule has 0 aliphatic carbocycles. The Hall–Kier alpha value is -1.50. The highest BCUT2D eigenvalue weighted by Crippen LogP contribution is 2.15. The third-order valence-corrected chi connectivity index (χ3v) is 2.85. The monoisotopic (exact) mass is 259 g/mol. The molecule has 106 valence electrons. The van der Waals surface area contributed by atoms with Crippen LogP contribution in [-0.4, -0.2) is 19.0 Å². The Morgan fingerprint density at radius 2 is 1.68 bits per heavy atom. The molecule has 19 heavy (non-hydrogen) atoms. The van der Waals surface area contributed by atoms with Crippen LogP contribution in [0.15, 0.2) is 59.9 Å².